The molecule has 3 nitrogen and oxygen atoms in total. The summed E-state index contributed by atoms with van der Waals surface area (Å²) in [6, 6.07) is 9.45. The smallest absolute Gasteiger partial charge is 0.165 e. The number of unbranched alkanes of at least 4 members (excludes halogenated alkanes) is 4. The molecule has 21 heavy (non-hydrogen) atoms. The Labute approximate surface area is 126 Å². The van der Waals surface area contributed by atoms with Gasteiger partial charge in [-0.1, -0.05) is 56.9 Å². The molecular formula is C18H24O3. The third-order valence-corrected chi connectivity index (χ3v) is 3.67. The van der Waals surface area contributed by atoms with E-state index in [2.05, 4.69) is 6.92 Å². The molecule has 114 valence electrons. The molecule has 0 spiro atoms. The van der Waals surface area contributed by atoms with Crippen LogP contribution in [0.25, 0.3) is 10.8 Å². The van der Waals surface area contributed by atoms with Crippen molar-refractivity contribution in [1.82, 2.24) is 0 Å². The van der Waals surface area contributed by atoms with Gasteiger partial charge >= 0.3 is 0 Å². The first-order valence-corrected chi connectivity index (χ1v) is 7.69. The van der Waals surface area contributed by atoms with E-state index in [9.17, 15) is 5.11 Å². The van der Waals surface area contributed by atoms with Crippen molar-refractivity contribution in [3.05, 3.63) is 30.3 Å². The van der Waals surface area contributed by atoms with Crippen LogP contribution in [0.5, 0.6) is 17.2 Å². The number of ether oxygens (including phenoxy) is 2. The number of aromatic hydroxyl groups is 1. The Balaban J connectivity index is 2.10. The van der Waals surface area contributed by atoms with Gasteiger partial charge in [0.25, 0.3) is 0 Å². The lowest BCUT2D eigenvalue weighted by Gasteiger charge is -2.13. The predicted octanol–water partition coefficient (Wildman–Crippen LogP) is 4.90. The zero-order chi connectivity index (χ0) is 15.1. The average molecular weight is 288 g/mol. The van der Waals surface area contributed by atoms with Crippen molar-refractivity contribution in [3.63, 3.8) is 0 Å². The van der Waals surface area contributed by atoms with Gasteiger partial charge in [-0.25, -0.2) is 0 Å². The lowest BCUT2D eigenvalue weighted by molar-refractivity contribution is 0.304. The molecule has 2 aromatic rings. The summed E-state index contributed by atoms with van der Waals surface area (Å²) in [4.78, 5) is 0. The van der Waals surface area contributed by atoms with Gasteiger partial charge in [0, 0.05) is 16.8 Å². The van der Waals surface area contributed by atoms with Crippen LogP contribution in [0, 0.1) is 0 Å². The summed E-state index contributed by atoms with van der Waals surface area (Å²) < 4.78 is 11.1. The van der Waals surface area contributed by atoms with Crippen LogP contribution >= 0.6 is 0 Å². The van der Waals surface area contributed by atoms with Gasteiger partial charge in [0.15, 0.2) is 11.5 Å². The molecule has 0 radical (unpaired) electrons. The Morgan fingerprint density at radius 3 is 2.38 bits per heavy atom. The Morgan fingerprint density at radius 2 is 1.67 bits per heavy atom. The van der Waals surface area contributed by atoms with E-state index < -0.39 is 0 Å². The molecule has 0 amide bonds. The summed E-state index contributed by atoms with van der Waals surface area (Å²) in [6.07, 6.45) is 6.05. The summed E-state index contributed by atoms with van der Waals surface area (Å²) in [5.41, 5.74) is 0. The fourth-order valence-electron chi connectivity index (χ4n) is 2.47. The SMILES string of the molecule is CCCCCCCOc1cc(OC)c(O)c2ccccc12. The number of fused-ring (bicyclic) bond motifs is 1. The van der Waals surface area contributed by atoms with Gasteiger partial charge in [-0.2, -0.15) is 0 Å². The van der Waals surface area contributed by atoms with Gasteiger partial charge in [0.05, 0.1) is 13.7 Å². The van der Waals surface area contributed by atoms with E-state index in [4.69, 9.17) is 9.47 Å². The fourth-order valence-corrected chi connectivity index (χ4v) is 2.47. The highest BCUT2D eigenvalue weighted by molar-refractivity contribution is 5.95. The molecule has 0 saturated heterocycles. The monoisotopic (exact) mass is 288 g/mol. The van der Waals surface area contributed by atoms with Crippen molar-refractivity contribution < 1.29 is 14.6 Å². The van der Waals surface area contributed by atoms with Crippen LogP contribution < -0.4 is 9.47 Å². The zero-order valence-electron chi connectivity index (χ0n) is 12.9. The maximum Gasteiger partial charge on any atom is 0.165 e. The van der Waals surface area contributed by atoms with Gasteiger partial charge in [-0.3, -0.25) is 0 Å². The van der Waals surface area contributed by atoms with Gasteiger partial charge in [0.2, 0.25) is 0 Å². The van der Waals surface area contributed by atoms with Crippen LogP contribution in [0.1, 0.15) is 39.0 Å². The molecule has 3 heteroatoms. The minimum Gasteiger partial charge on any atom is -0.504 e. The number of hydrogen-bond donors (Lipinski definition) is 1. The molecule has 2 aromatic carbocycles. The standard InChI is InChI=1S/C18H24O3/c1-3-4-5-6-9-12-21-16-13-17(20-2)18(19)15-11-8-7-10-14(15)16/h7-8,10-11,13,19H,3-6,9,12H2,1-2H3. The normalized spacial score (nSPS) is 10.8. The van der Waals surface area contributed by atoms with Crippen molar-refractivity contribution in [2.75, 3.05) is 13.7 Å². The van der Waals surface area contributed by atoms with Crippen LogP contribution in [0.4, 0.5) is 0 Å². The Kier molecular flexibility index (Phi) is 5.73. The van der Waals surface area contributed by atoms with E-state index >= 15 is 0 Å². The summed E-state index contributed by atoms with van der Waals surface area (Å²) >= 11 is 0. The topological polar surface area (TPSA) is 38.7 Å². The van der Waals surface area contributed by atoms with Gasteiger partial charge < -0.3 is 14.6 Å². The molecule has 0 aromatic heterocycles. The van der Waals surface area contributed by atoms with Gasteiger partial charge in [0.1, 0.15) is 5.75 Å². The average Bonchev–Trinajstić information content (AvgIpc) is 2.53. The first kappa shape index (κ1) is 15.5. The highest BCUT2D eigenvalue weighted by Gasteiger charge is 2.12. The molecule has 0 atom stereocenters. The maximum atomic E-state index is 10.2. The zero-order valence-corrected chi connectivity index (χ0v) is 12.9. The number of methoxy groups -OCH3 is 1. The third kappa shape index (κ3) is 3.81. The molecule has 0 aliphatic heterocycles. The molecule has 0 unspecified atom stereocenters. The number of hydrogen-bond acceptors (Lipinski definition) is 3. The van der Waals surface area contributed by atoms with E-state index in [1.54, 1.807) is 13.2 Å². The molecule has 1 N–H and O–H groups in total. The molecule has 0 saturated carbocycles. The van der Waals surface area contributed by atoms with Crippen LogP contribution in [-0.2, 0) is 0 Å². The summed E-state index contributed by atoms with van der Waals surface area (Å²) in [7, 11) is 1.55. The lowest BCUT2D eigenvalue weighted by Crippen LogP contribution is -1.99. The van der Waals surface area contributed by atoms with Crippen molar-refractivity contribution in [3.8, 4) is 17.2 Å². The van der Waals surface area contributed by atoms with E-state index in [-0.39, 0.29) is 5.75 Å². The molecular weight excluding hydrogens is 264 g/mol. The first-order valence-electron chi connectivity index (χ1n) is 7.69. The Bertz CT molecular complexity index is 578. The predicted molar refractivity (Wildman–Crippen MR) is 86.4 cm³/mol. The van der Waals surface area contributed by atoms with Crippen molar-refractivity contribution in [2.45, 2.75) is 39.0 Å². The minimum atomic E-state index is 0.170. The van der Waals surface area contributed by atoms with Crippen molar-refractivity contribution in [1.29, 1.82) is 0 Å². The number of rotatable bonds is 8. The quantitative estimate of drug-likeness (QED) is 0.702. The maximum absolute atomic E-state index is 10.2. The van der Waals surface area contributed by atoms with Crippen LogP contribution in [0.2, 0.25) is 0 Å². The van der Waals surface area contributed by atoms with Crippen molar-refractivity contribution >= 4 is 10.8 Å². The molecule has 0 aliphatic rings. The number of benzene rings is 2. The minimum absolute atomic E-state index is 0.170. The second-order valence-electron chi connectivity index (χ2n) is 5.23. The summed E-state index contributed by atoms with van der Waals surface area (Å²) in [5, 5.41) is 11.8. The fraction of sp³-hybridized carbons (Fsp3) is 0.444. The number of phenols is 1. The Morgan fingerprint density at radius 1 is 0.952 bits per heavy atom. The summed E-state index contributed by atoms with van der Waals surface area (Å²) in [5.74, 6) is 1.40. The Hall–Kier alpha value is -1.90. The second-order valence-corrected chi connectivity index (χ2v) is 5.23. The molecule has 0 bridgehead atoms. The van der Waals surface area contributed by atoms with E-state index in [1.165, 1.54) is 25.7 Å². The van der Waals surface area contributed by atoms with E-state index in [0.717, 1.165) is 22.9 Å². The van der Waals surface area contributed by atoms with E-state index in [0.29, 0.717) is 12.4 Å². The lowest BCUT2D eigenvalue weighted by atomic mass is 10.1. The highest BCUT2D eigenvalue weighted by atomic mass is 16.5. The van der Waals surface area contributed by atoms with Crippen LogP contribution in [0.3, 0.4) is 0 Å². The van der Waals surface area contributed by atoms with Crippen LogP contribution in [0.15, 0.2) is 30.3 Å². The van der Waals surface area contributed by atoms with Crippen LogP contribution in [-0.4, -0.2) is 18.8 Å². The molecule has 0 heterocycles. The van der Waals surface area contributed by atoms with E-state index in [1.807, 2.05) is 24.3 Å². The molecule has 0 fully saturated rings. The third-order valence-electron chi connectivity index (χ3n) is 3.67. The van der Waals surface area contributed by atoms with Crippen molar-refractivity contribution in [2.24, 2.45) is 0 Å². The molecule has 0 aliphatic carbocycles. The summed E-state index contributed by atoms with van der Waals surface area (Å²) in [6.45, 7) is 2.91. The first-order chi connectivity index (χ1) is 10.3. The second kappa shape index (κ2) is 7.77. The largest absolute Gasteiger partial charge is 0.504 e. The van der Waals surface area contributed by atoms with Gasteiger partial charge in [-0.05, 0) is 6.42 Å². The van der Waals surface area contributed by atoms with Gasteiger partial charge in [-0.15, -0.1) is 0 Å². The highest BCUT2D eigenvalue weighted by Crippen LogP contribution is 2.40. The number of phenolic OH excluding ortho intramolecular Hbond substituents is 1. The molecule has 2 rings (SSSR count).